The van der Waals surface area contributed by atoms with Gasteiger partial charge in [0, 0.05) is 24.5 Å². The molecule has 0 aromatic heterocycles. The molecular weight excluding hydrogens is 222 g/mol. The highest BCUT2D eigenvalue weighted by Crippen LogP contribution is 2.16. The van der Waals surface area contributed by atoms with Crippen molar-refractivity contribution in [1.29, 1.82) is 0 Å². The van der Waals surface area contributed by atoms with Crippen molar-refractivity contribution in [2.45, 2.75) is 6.54 Å². The van der Waals surface area contributed by atoms with Crippen LogP contribution in [0.1, 0.15) is 5.56 Å². The summed E-state index contributed by atoms with van der Waals surface area (Å²) in [6, 6.07) is 7.60. The van der Waals surface area contributed by atoms with Gasteiger partial charge in [-0.25, -0.2) is 4.79 Å². The number of amides is 2. The smallest absolute Gasteiger partial charge is 0.322 e. The summed E-state index contributed by atoms with van der Waals surface area (Å²) in [5.74, 6) is 1.80. The lowest BCUT2D eigenvalue weighted by Gasteiger charge is -2.15. The third-order valence-electron chi connectivity index (χ3n) is 2.45. The van der Waals surface area contributed by atoms with Crippen molar-refractivity contribution in [2.24, 2.45) is 5.73 Å². The molecule has 16 heavy (non-hydrogen) atoms. The Balaban J connectivity index is 1.99. The van der Waals surface area contributed by atoms with Gasteiger partial charge in [0.2, 0.25) is 0 Å². The molecule has 1 heterocycles. The Bertz CT molecular complexity index is 377. The number of hydrogen-bond donors (Lipinski definition) is 2. The molecule has 1 fully saturated rings. The molecule has 0 radical (unpaired) electrons. The fraction of sp³-hybridized carbons (Fsp3) is 0.364. The van der Waals surface area contributed by atoms with E-state index in [1.165, 1.54) is 0 Å². The number of carbonyl (C=O) groups excluding carboxylic acids is 1. The van der Waals surface area contributed by atoms with Gasteiger partial charge >= 0.3 is 6.03 Å². The molecule has 5 heteroatoms. The van der Waals surface area contributed by atoms with E-state index in [9.17, 15) is 4.79 Å². The molecule has 4 nitrogen and oxygen atoms in total. The lowest BCUT2D eigenvalue weighted by Crippen LogP contribution is -2.32. The highest BCUT2D eigenvalue weighted by atomic mass is 32.2. The van der Waals surface area contributed by atoms with Crippen LogP contribution in [0.4, 0.5) is 10.5 Å². The number of anilines is 1. The molecule has 0 atom stereocenters. The maximum atomic E-state index is 11.8. The van der Waals surface area contributed by atoms with Crippen molar-refractivity contribution >= 4 is 23.5 Å². The van der Waals surface area contributed by atoms with E-state index in [0.29, 0.717) is 6.54 Å². The standard InChI is InChI=1S/C11H15N3OS/c12-7-9-2-1-3-10(6-9)13-11(15)14-4-5-16-8-14/h1-3,6H,4-5,7-8,12H2,(H,13,15). The molecule has 86 valence electrons. The van der Waals surface area contributed by atoms with Gasteiger partial charge in [-0.05, 0) is 17.7 Å². The molecule has 0 aliphatic carbocycles. The highest BCUT2D eigenvalue weighted by Gasteiger charge is 2.17. The molecule has 1 aliphatic rings. The minimum absolute atomic E-state index is 0.0285. The van der Waals surface area contributed by atoms with Gasteiger partial charge in [0.15, 0.2) is 0 Å². The Morgan fingerprint density at radius 3 is 3.12 bits per heavy atom. The first kappa shape index (κ1) is 11.3. The van der Waals surface area contributed by atoms with Gasteiger partial charge in [-0.2, -0.15) is 0 Å². The SMILES string of the molecule is NCc1cccc(NC(=O)N2CCSC2)c1. The number of nitrogens with zero attached hydrogens (tertiary/aromatic N) is 1. The number of nitrogens with two attached hydrogens (primary N) is 1. The van der Waals surface area contributed by atoms with Crippen LogP contribution in [0.5, 0.6) is 0 Å². The number of hydrogen-bond acceptors (Lipinski definition) is 3. The second-order valence-electron chi connectivity index (χ2n) is 3.64. The summed E-state index contributed by atoms with van der Waals surface area (Å²) >= 11 is 1.77. The van der Waals surface area contributed by atoms with Gasteiger partial charge in [-0.3, -0.25) is 0 Å². The summed E-state index contributed by atoms with van der Waals surface area (Å²) in [7, 11) is 0. The van der Waals surface area contributed by atoms with Crippen molar-refractivity contribution in [3.8, 4) is 0 Å². The molecule has 2 amide bonds. The first-order valence-corrected chi connectivity index (χ1v) is 6.38. The molecule has 1 saturated heterocycles. The maximum absolute atomic E-state index is 11.8. The van der Waals surface area contributed by atoms with E-state index in [2.05, 4.69) is 5.32 Å². The Kier molecular flexibility index (Phi) is 3.69. The zero-order chi connectivity index (χ0) is 11.4. The minimum Gasteiger partial charge on any atom is -0.326 e. The third-order valence-corrected chi connectivity index (χ3v) is 3.42. The maximum Gasteiger partial charge on any atom is 0.322 e. The van der Waals surface area contributed by atoms with Crippen molar-refractivity contribution in [3.63, 3.8) is 0 Å². The van der Waals surface area contributed by atoms with E-state index in [-0.39, 0.29) is 6.03 Å². The molecule has 0 unspecified atom stereocenters. The molecule has 0 bridgehead atoms. The first-order valence-electron chi connectivity index (χ1n) is 5.22. The van der Waals surface area contributed by atoms with Crippen molar-refractivity contribution in [1.82, 2.24) is 4.90 Å². The Morgan fingerprint density at radius 2 is 2.44 bits per heavy atom. The Hall–Kier alpha value is -1.20. The van der Waals surface area contributed by atoms with Crippen LogP contribution in [-0.4, -0.2) is 29.1 Å². The molecule has 1 aromatic carbocycles. The zero-order valence-corrected chi connectivity index (χ0v) is 9.80. The molecule has 0 saturated carbocycles. The second-order valence-corrected chi connectivity index (χ2v) is 4.71. The van der Waals surface area contributed by atoms with E-state index >= 15 is 0 Å². The number of nitrogens with one attached hydrogen (secondary N) is 1. The van der Waals surface area contributed by atoms with Crippen LogP contribution in [0, 0.1) is 0 Å². The molecule has 1 aliphatic heterocycles. The first-order chi connectivity index (χ1) is 7.79. The number of rotatable bonds is 2. The molecule has 1 aromatic rings. The van der Waals surface area contributed by atoms with E-state index in [4.69, 9.17) is 5.73 Å². The monoisotopic (exact) mass is 237 g/mol. The summed E-state index contributed by atoms with van der Waals surface area (Å²) in [4.78, 5) is 13.6. The Morgan fingerprint density at radius 1 is 1.56 bits per heavy atom. The predicted octanol–water partition coefficient (Wildman–Crippen LogP) is 1.68. The molecule has 2 rings (SSSR count). The second kappa shape index (κ2) is 5.23. The molecule has 3 N–H and O–H groups in total. The van der Waals surface area contributed by atoms with E-state index in [1.54, 1.807) is 16.7 Å². The van der Waals surface area contributed by atoms with Gasteiger partial charge in [0.1, 0.15) is 0 Å². The normalized spacial score (nSPS) is 15.2. The topological polar surface area (TPSA) is 58.4 Å². The highest BCUT2D eigenvalue weighted by molar-refractivity contribution is 7.99. The van der Waals surface area contributed by atoms with Gasteiger partial charge in [-0.15, -0.1) is 11.8 Å². The average Bonchev–Trinajstić information content (AvgIpc) is 2.83. The Labute approximate surface area is 99.2 Å². The van der Waals surface area contributed by atoms with Crippen LogP contribution in [-0.2, 0) is 6.54 Å². The van der Waals surface area contributed by atoms with Crippen LogP contribution in [0.3, 0.4) is 0 Å². The lowest BCUT2D eigenvalue weighted by atomic mass is 10.2. The van der Waals surface area contributed by atoms with Crippen LogP contribution in [0.2, 0.25) is 0 Å². The van der Waals surface area contributed by atoms with Gasteiger partial charge in [0.05, 0.1) is 5.88 Å². The average molecular weight is 237 g/mol. The third kappa shape index (κ3) is 2.68. The van der Waals surface area contributed by atoms with Gasteiger partial charge in [0.25, 0.3) is 0 Å². The van der Waals surface area contributed by atoms with Gasteiger partial charge in [-0.1, -0.05) is 12.1 Å². The fourth-order valence-corrected chi connectivity index (χ4v) is 2.50. The fourth-order valence-electron chi connectivity index (χ4n) is 1.55. The summed E-state index contributed by atoms with van der Waals surface area (Å²) in [6.45, 7) is 1.32. The largest absolute Gasteiger partial charge is 0.326 e. The summed E-state index contributed by atoms with van der Waals surface area (Å²) in [6.07, 6.45) is 0. The minimum atomic E-state index is -0.0285. The van der Waals surface area contributed by atoms with E-state index < -0.39 is 0 Å². The van der Waals surface area contributed by atoms with Crippen molar-refractivity contribution in [2.75, 3.05) is 23.5 Å². The summed E-state index contributed by atoms with van der Waals surface area (Å²) < 4.78 is 0. The summed E-state index contributed by atoms with van der Waals surface area (Å²) in [5.41, 5.74) is 7.38. The number of urea groups is 1. The quantitative estimate of drug-likeness (QED) is 0.823. The predicted molar refractivity (Wildman–Crippen MR) is 67.4 cm³/mol. The van der Waals surface area contributed by atoms with Crippen LogP contribution in [0.15, 0.2) is 24.3 Å². The van der Waals surface area contributed by atoms with Crippen LogP contribution in [0.25, 0.3) is 0 Å². The lowest BCUT2D eigenvalue weighted by molar-refractivity contribution is 0.225. The van der Waals surface area contributed by atoms with Crippen LogP contribution < -0.4 is 11.1 Å². The number of thioether (sulfide) groups is 1. The number of benzene rings is 1. The van der Waals surface area contributed by atoms with Crippen molar-refractivity contribution in [3.05, 3.63) is 29.8 Å². The van der Waals surface area contributed by atoms with Crippen molar-refractivity contribution < 1.29 is 4.79 Å². The summed E-state index contributed by atoms with van der Waals surface area (Å²) in [5, 5.41) is 2.88. The van der Waals surface area contributed by atoms with E-state index in [1.807, 2.05) is 24.3 Å². The van der Waals surface area contributed by atoms with E-state index in [0.717, 1.165) is 29.4 Å². The number of carbonyl (C=O) groups is 1. The van der Waals surface area contributed by atoms with Gasteiger partial charge < -0.3 is 16.0 Å². The zero-order valence-electron chi connectivity index (χ0n) is 8.98. The molecular formula is C11H15N3OS. The van der Waals surface area contributed by atoms with Crippen LogP contribution >= 0.6 is 11.8 Å². The molecule has 0 spiro atoms.